The molecule has 0 aliphatic heterocycles. The highest BCUT2D eigenvalue weighted by molar-refractivity contribution is 6.00. The maximum Gasteiger partial charge on any atom is 0.416 e. The van der Waals surface area contributed by atoms with Gasteiger partial charge in [-0.1, -0.05) is 30.3 Å². The van der Waals surface area contributed by atoms with E-state index in [4.69, 9.17) is 0 Å². The molecule has 0 aliphatic rings. The molecule has 0 saturated heterocycles. The summed E-state index contributed by atoms with van der Waals surface area (Å²) in [5.41, 5.74) is 1.70. The minimum Gasteiger partial charge on any atom is -0.361 e. The molecule has 2 amide bonds. The van der Waals surface area contributed by atoms with Crippen LogP contribution in [0.15, 0.2) is 72.9 Å². The van der Waals surface area contributed by atoms with E-state index in [9.17, 15) is 22.4 Å². The number of alkyl halides is 3. The van der Waals surface area contributed by atoms with E-state index in [1.807, 2.05) is 30.5 Å². The van der Waals surface area contributed by atoms with Crippen LogP contribution in [0.4, 0.5) is 33.7 Å². The van der Waals surface area contributed by atoms with Gasteiger partial charge in [-0.15, -0.1) is 0 Å². The summed E-state index contributed by atoms with van der Waals surface area (Å²) in [6.45, 7) is 0. The van der Waals surface area contributed by atoms with Gasteiger partial charge in [0.1, 0.15) is 5.82 Å². The van der Waals surface area contributed by atoms with Gasteiger partial charge in [-0.3, -0.25) is 0 Å². The van der Waals surface area contributed by atoms with Gasteiger partial charge in [0.15, 0.2) is 0 Å². The number of carbonyl (C=O) groups is 1. The largest absolute Gasteiger partial charge is 0.416 e. The van der Waals surface area contributed by atoms with Crippen molar-refractivity contribution in [3.05, 3.63) is 84.3 Å². The van der Waals surface area contributed by atoms with E-state index in [0.29, 0.717) is 23.9 Å². The number of anilines is 2. The van der Waals surface area contributed by atoms with Crippen molar-refractivity contribution in [2.75, 3.05) is 10.6 Å². The summed E-state index contributed by atoms with van der Waals surface area (Å²) >= 11 is 0. The molecule has 152 valence electrons. The number of amides is 2. The highest BCUT2D eigenvalue weighted by Gasteiger charge is 2.31. The molecule has 0 unspecified atom stereocenters. The van der Waals surface area contributed by atoms with Gasteiger partial charge >= 0.3 is 12.2 Å². The molecule has 4 rings (SSSR count). The number of halogens is 4. The summed E-state index contributed by atoms with van der Waals surface area (Å²) in [6.07, 6.45) is -2.75. The predicted octanol–water partition coefficient (Wildman–Crippen LogP) is 6.64. The number of H-pyrrole nitrogens is 1. The minimum absolute atomic E-state index is 0.406. The van der Waals surface area contributed by atoms with Crippen LogP contribution in [-0.4, -0.2) is 11.0 Å². The van der Waals surface area contributed by atoms with Gasteiger partial charge in [0.2, 0.25) is 0 Å². The van der Waals surface area contributed by atoms with Crippen LogP contribution < -0.4 is 10.6 Å². The second kappa shape index (κ2) is 7.55. The highest BCUT2D eigenvalue weighted by Crippen LogP contribution is 2.32. The molecule has 0 fully saturated rings. The maximum absolute atomic E-state index is 13.8. The number of urea groups is 1. The van der Waals surface area contributed by atoms with Gasteiger partial charge in [0.05, 0.1) is 11.3 Å². The Morgan fingerprint density at radius 2 is 1.63 bits per heavy atom. The van der Waals surface area contributed by atoms with E-state index in [-0.39, 0.29) is 0 Å². The van der Waals surface area contributed by atoms with E-state index < -0.39 is 29.3 Å². The molecule has 3 N–H and O–H groups in total. The maximum atomic E-state index is 13.8. The molecule has 8 heteroatoms. The SMILES string of the molecule is O=C(Nc1ccc(-c2c[nH]c3ccccc23)cc1)Nc1cc(C(F)(F)F)ccc1F. The van der Waals surface area contributed by atoms with Gasteiger partial charge in [-0.2, -0.15) is 13.2 Å². The Kier molecular flexibility index (Phi) is 4.91. The summed E-state index contributed by atoms with van der Waals surface area (Å²) < 4.78 is 52.1. The lowest BCUT2D eigenvalue weighted by Gasteiger charge is -2.12. The number of carbonyl (C=O) groups excluding carboxylic acids is 1. The topological polar surface area (TPSA) is 56.9 Å². The van der Waals surface area contributed by atoms with E-state index in [0.717, 1.165) is 22.0 Å². The molecule has 0 radical (unpaired) electrons. The Balaban J connectivity index is 1.48. The lowest BCUT2D eigenvalue weighted by molar-refractivity contribution is -0.137. The zero-order valence-corrected chi connectivity index (χ0v) is 15.3. The number of fused-ring (bicyclic) bond motifs is 1. The fraction of sp³-hybridized carbons (Fsp3) is 0.0455. The van der Waals surface area contributed by atoms with Crippen molar-refractivity contribution >= 4 is 28.3 Å². The van der Waals surface area contributed by atoms with E-state index in [1.165, 1.54) is 0 Å². The summed E-state index contributed by atoms with van der Waals surface area (Å²) in [5.74, 6) is -0.965. The Morgan fingerprint density at radius 3 is 2.37 bits per heavy atom. The van der Waals surface area contributed by atoms with Gasteiger partial charge in [-0.05, 0) is 42.0 Å². The molecule has 4 aromatic rings. The quantitative estimate of drug-likeness (QED) is 0.324. The van der Waals surface area contributed by atoms with Crippen LogP contribution in [0.5, 0.6) is 0 Å². The summed E-state index contributed by atoms with van der Waals surface area (Å²) in [7, 11) is 0. The summed E-state index contributed by atoms with van der Waals surface area (Å²) in [4.78, 5) is 15.3. The summed E-state index contributed by atoms with van der Waals surface area (Å²) in [5, 5.41) is 5.64. The highest BCUT2D eigenvalue weighted by atomic mass is 19.4. The van der Waals surface area contributed by atoms with Crippen LogP contribution in [0.25, 0.3) is 22.0 Å². The minimum atomic E-state index is -4.64. The first-order valence-electron chi connectivity index (χ1n) is 8.92. The monoisotopic (exact) mass is 413 g/mol. The number of aromatic nitrogens is 1. The molecular weight excluding hydrogens is 398 g/mol. The molecule has 30 heavy (non-hydrogen) atoms. The molecular formula is C22H15F4N3O. The van der Waals surface area contributed by atoms with Crippen LogP contribution >= 0.6 is 0 Å². The number of hydrogen-bond acceptors (Lipinski definition) is 1. The van der Waals surface area contributed by atoms with Gasteiger partial charge < -0.3 is 15.6 Å². The van der Waals surface area contributed by atoms with Crippen LogP contribution in [0.3, 0.4) is 0 Å². The van der Waals surface area contributed by atoms with Crippen molar-refractivity contribution in [1.82, 2.24) is 4.98 Å². The predicted molar refractivity (Wildman–Crippen MR) is 108 cm³/mol. The number of benzene rings is 3. The van der Waals surface area contributed by atoms with Crippen molar-refractivity contribution in [3.63, 3.8) is 0 Å². The number of rotatable bonds is 3. The smallest absolute Gasteiger partial charge is 0.361 e. The summed E-state index contributed by atoms with van der Waals surface area (Å²) in [6, 6.07) is 15.7. The molecule has 0 atom stereocenters. The number of hydrogen-bond donors (Lipinski definition) is 3. The van der Waals surface area contributed by atoms with E-state index >= 15 is 0 Å². The zero-order chi connectivity index (χ0) is 21.3. The number of nitrogens with one attached hydrogen (secondary N) is 3. The number of aromatic amines is 1. The van der Waals surface area contributed by atoms with Crippen LogP contribution in [-0.2, 0) is 6.18 Å². The first kappa shape index (κ1) is 19.5. The standard InChI is InChI=1S/C22H15F4N3O/c23-18-10-7-14(22(24,25)26)11-20(18)29-21(30)28-15-8-5-13(6-9-15)17-12-27-19-4-2-1-3-16(17)19/h1-12,27H,(H2,28,29,30). The Labute approximate surface area is 168 Å². The second-order valence-electron chi connectivity index (χ2n) is 6.60. The third-order valence-corrected chi connectivity index (χ3v) is 4.58. The van der Waals surface area contributed by atoms with Crippen molar-refractivity contribution in [2.24, 2.45) is 0 Å². The first-order chi connectivity index (χ1) is 14.3. The molecule has 0 spiro atoms. The van der Waals surface area contributed by atoms with E-state index in [2.05, 4.69) is 15.6 Å². The molecule has 4 nitrogen and oxygen atoms in total. The van der Waals surface area contributed by atoms with Gasteiger partial charge in [-0.25, -0.2) is 9.18 Å². The third kappa shape index (κ3) is 3.98. The van der Waals surface area contributed by atoms with Crippen LogP contribution in [0.1, 0.15) is 5.56 Å². The lowest BCUT2D eigenvalue weighted by atomic mass is 10.0. The number of para-hydroxylation sites is 1. The molecule has 0 bridgehead atoms. The third-order valence-electron chi connectivity index (χ3n) is 4.58. The second-order valence-corrected chi connectivity index (χ2v) is 6.60. The van der Waals surface area contributed by atoms with Crippen molar-refractivity contribution in [3.8, 4) is 11.1 Å². The van der Waals surface area contributed by atoms with E-state index in [1.54, 1.807) is 24.3 Å². The zero-order valence-electron chi connectivity index (χ0n) is 15.3. The first-order valence-corrected chi connectivity index (χ1v) is 8.92. The normalized spacial score (nSPS) is 11.5. The van der Waals surface area contributed by atoms with Crippen LogP contribution in [0.2, 0.25) is 0 Å². The van der Waals surface area contributed by atoms with Crippen molar-refractivity contribution in [2.45, 2.75) is 6.18 Å². The average molecular weight is 413 g/mol. The Hall–Kier alpha value is -3.81. The fourth-order valence-electron chi connectivity index (χ4n) is 3.13. The molecule has 0 aliphatic carbocycles. The van der Waals surface area contributed by atoms with Gasteiger partial charge in [0.25, 0.3) is 0 Å². The van der Waals surface area contributed by atoms with Gasteiger partial charge in [0, 0.05) is 28.4 Å². The lowest BCUT2D eigenvalue weighted by Crippen LogP contribution is -2.20. The average Bonchev–Trinajstić information content (AvgIpc) is 3.13. The molecule has 0 saturated carbocycles. The molecule has 1 heterocycles. The van der Waals surface area contributed by atoms with Crippen LogP contribution in [0, 0.1) is 5.82 Å². The van der Waals surface area contributed by atoms with Crippen molar-refractivity contribution < 1.29 is 22.4 Å². The Morgan fingerprint density at radius 1 is 0.900 bits per heavy atom. The molecule has 1 aromatic heterocycles. The molecule has 3 aromatic carbocycles. The fourth-order valence-corrected chi connectivity index (χ4v) is 3.13. The van der Waals surface area contributed by atoms with Crippen molar-refractivity contribution in [1.29, 1.82) is 0 Å². The Bertz CT molecular complexity index is 1210.